The molecule has 5 N–H and O–H groups in total. The van der Waals surface area contributed by atoms with Gasteiger partial charge in [0.15, 0.2) is 0 Å². The van der Waals surface area contributed by atoms with Crippen LogP contribution in [0.1, 0.15) is 0 Å². The van der Waals surface area contributed by atoms with E-state index < -0.39 is 12.2 Å². The number of halogens is 1. The molecule has 80 valence electrons. The number of hydrazine groups is 1. The average molecular weight is 210 g/mol. The number of anilines is 1. The van der Waals surface area contributed by atoms with Gasteiger partial charge in [-0.25, -0.2) is 9.82 Å². The summed E-state index contributed by atoms with van der Waals surface area (Å²) in [6.45, 7) is 0. The van der Waals surface area contributed by atoms with Gasteiger partial charge in [0, 0.05) is 5.69 Å². The maximum Gasteiger partial charge on any atom is 0.259 e. The molecule has 1 aliphatic rings. The van der Waals surface area contributed by atoms with Gasteiger partial charge in [0.25, 0.3) is 5.91 Å². The molecule has 0 aliphatic carbocycles. The van der Waals surface area contributed by atoms with E-state index in [-0.39, 0.29) is 11.7 Å². The molecular weight excluding hydrogens is 199 g/mol. The van der Waals surface area contributed by atoms with Crippen LogP contribution in [0.2, 0.25) is 0 Å². The SMILES string of the molecule is NC1NNC(=O)C1Nc1ccc(F)cc1. The van der Waals surface area contributed by atoms with E-state index in [1.165, 1.54) is 12.1 Å². The molecule has 1 aliphatic heterocycles. The molecule has 0 saturated carbocycles. The summed E-state index contributed by atoms with van der Waals surface area (Å²) in [6, 6.07) is 5.18. The van der Waals surface area contributed by atoms with Crippen molar-refractivity contribution in [3.63, 3.8) is 0 Å². The van der Waals surface area contributed by atoms with Gasteiger partial charge in [-0.2, -0.15) is 0 Å². The van der Waals surface area contributed by atoms with Gasteiger partial charge >= 0.3 is 0 Å². The minimum atomic E-state index is -0.546. The first-order valence-corrected chi connectivity index (χ1v) is 4.50. The molecule has 2 unspecified atom stereocenters. The molecule has 1 aromatic rings. The first-order valence-electron chi connectivity index (χ1n) is 4.50. The lowest BCUT2D eigenvalue weighted by Gasteiger charge is -2.14. The maximum atomic E-state index is 12.6. The van der Waals surface area contributed by atoms with Crippen molar-refractivity contribution in [2.24, 2.45) is 5.73 Å². The summed E-state index contributed by atoms with van der Waals surface area (Å²) >= 11 is 0. The van der Waals surface area contributed by atoms with E-state index in [0.717, 1.165) is 0 Å². The minimum Gasteiger partial charge on any atom is -0.371 e. The first kappa shape index (κ1) is 9.88. The minimum absolute atomic E-state index is 0.230. The summed E-state index contributed by atoms with van der Waals surface area (Å²) in [6.07, 6.45) is -0.498. The number of carbonyl (C=O) groups excluding carboxylic acids is 1. The highest BCUT2D eigenvalue weighted by atomic mass is 19.1. The molecule has 6 heteroatoms. The predicted octanol–water partition coefficient (Wildman–Crippen LogP) is -0.475. The number of nitrogens with one attached hydrogen (secondary N) is 3. The van der Waals surface area contributed by atoms with Crippen molar-refractivity contribution in [2.75, 3.05) is 5.32 Å². The molecule has 2 atom stereocenters. The van der Waals surface area contributed by atoms with Crippen LogP contribution in [0, 0.1) is 5.82 Å². The Hall–Kier alpha value is -1.66. The van der Waals surface area contributed by atoms with Gasteiger partial charge in [0.1, 0.15) is 18.0 Å². The van der Waals surface area contributed by atoms with Crippen molar-refractivity contribution in [3.05, 3.63) is 30.1 Å². The Morgan fingerprint density at radius 1 is 1.33 bits per heavy atom. The number of benzene rings is 1. The van der Waals surface area contributed by atoms with E-state index in [1.54, 1.807) is 12.1 Å². The molecule has 1 amide bonds. The highest BCUT2D eigenvalue weighted by molar-refractivity contribution is 5.86. The number of hydrogen-bond donors (Lipinski definition) is 4. The quantitative estimate of drug-likeness (QED) is 0.532. The first-order chi connectivity index (χ1) is 7.16. The lowest BCUT2D eigenvalue weighted by Crippen LogP contribution is -2.45. The number of amides is 1. The van der Waals surface area contributed by atoms with E-state index in [9.17, 15) is 9.18 Å². The molecule has 1 aromatic carbocycles. The number of rotatable bonds is 2. The Morgan fingerprint density at radius 2 is 2.00 bits per heavy atom. The third-order valence-corrected chi connectivity index (χ3v) is 2.17. The fourth-order valence-electron chi connectivity index (χ4n) is 1.36. The molecular formula is C9H11FN4O. The topological polar surface area (TPSA) is 79.2 Å². The Morgan fingerprint density at radius 3 is 2.53 bits per heavy atom. The van der Waals surface area contributed by atoms with E-state index >= 15 is 0 Å². The van der Waals surface area contributed by atoms with Crippen LogP contribution in [0.5, 0.6) is 0 Å². The monoisotopic (exact) mass is 210 g/mol. The van der Waals surface area contributed by atoms with Crippen LogP contribution in [0.4, 0.5) is 10.1 Å². The molecule has 0 bridgehead atoms. The van der Waals surface area contributed by atoms with Gasteiger partial charge in [-0.05, 0) is 24.3 Å². The van der Waals surface area contributed by atoms with Crippen molar-refractivity contribution in [3.8, 4) is 0 Å². The van der Waals surface area contributed by atoms with Gasteiger partial charge < -0.3 is 11.1 Å². The van der Waals surface area contributed by atoms with E-state index in [2.05, 4.69) is 16.2 Å². The molecule has 2 rings (SSSR count). The molecule has 15 heavy (non-hydrogen) atoms. The molecule has 0 radical (unpaired) electrons. The maximum absolute atomic E-state index is 12.6. The van der Waals surface area contributed by atoms with Gasteiger partial charge in [-0.1, -0.05) is 0 Å². The summed E-state index contributed by atoms with van der Waals surface area (Å²) in [7, 11) is 0. The molecule has 0 aromatic heterocycles. The summed E-state index contributed by atoms with van der Waals surface area (Å²) in [5, 5.41) is 2.90. The lowest BCUT2D eigenvalue weighted by atomic mass is 10.2. The largest absolute Gasteiger partial charge is 0.371 e. The lowest BCUT2D eigenvalue weighted by molar-refractivity contribution is -0.120. The fraction of sp³-hybridized carbons (Fsp3) is 0.222. The molecule has 1 saturated heterocycles. The van der Waals surface area contributed by atoms with Crippen LogP contribution in [-0.2, 0) is 4.79 Å². The highest BCUT2D eigenvalue weighted by Gasteiger charge is 2.31. The Bertz CT molecular complexity index is 367. The van der Waals surface area contributed by atoms with Crippen LogP contribution >= 0.6 is 0 Å². The fourth-order valence-corrected chi connectivity index (χ4v) is 1.36. The third kappa shape index (κ3) is 2.05. The molecule has 1 heterocycles. The van der Waals surface area contributed by atoms with Crippen LogP contribution in [0.15, 0.2) is 24.3 Å². The highest BCUT2D eigenvalue weighted by Crippen LogP contribution is 2.11. The number of hydrogen-bond acceptors (Lipinski definition) is 4. The van der Waals surface area contributed by atoms with E-state index in [1.807, 2.05) is 0 Å². The van der Waals surface area contributed by atoms with Crippen molar-refractivity contribution in [1.82, 2.24) is 10.9 Å². The Labute approximate surface area is 85.8 Å². The van der Waals surface area contributed by atoms with Crippen LogP contribution in [-0.4, -0.2) is 18.1 Å². The molecule has 1 fully saturated rings. The Kier molecular flexibility index (Phi) is 2.53. The number of nitrogens with two attached hydrogens (primary N) is 1. The van der Waals surface area contributed by atoms with E-state index in [0.29, 0.717) is 5.69 Å². The van der Waals surface area contributed by atoms with Gasteiger partial charge in [-0.15, -0.1) is 0 Å². The van der Waals surface area contributed by atoms with Crippen LogP contribution in [0.3, 0.4) is 0 Å². The second kappa shape index (κ2) is 3.84. The van der Waals surface area contributed by atoms with E-state index in [4.69, 9.17) is 5.73 Å². The van der Waals surface area contributed by atoms with Crippen molar-refractivity contribution < 1.29 is 9.18 Å². The summed E-state index contributed by atoms with van der Waals surface area (Å²) in [5.74, 6) is -0.550. The number of carbonyl (C=O) groups is 1. The van der Waals surface area contributed by atoms with Gasteiger partial charge in [-0.3, -0.25) is 10.2 Å². The zero-order valence-corrected chi connectivity index (χ0v) is 7.83. The standard InChI is InChI=1S/C9H11FN4O/c10-5-1-3-6(4-2-5)12-7-8(11)13-14-9(7)15/h1-4,7-8,12-13H,11H2,(H,14,15). The summed E-state index contributed by atoms with van der Waals surface area (Å²) in [5.41, 5.74) is 11.3. The smallest absolute Gasteiger partial charge is 0.259 e. The second-order valence-corrected chi connectivity index (χ2v) is 3.29. The summed E-state index contributed by atoms with van der Waals surface area (Å²) < 4.78 is 12.6. The normalized spacial score (nSPS) is 25.1. The predicted molar refractivity (Wildman–Crippen MR) is 53.1 cm³/mol. The molecule has 5 nitrogen and oxygen atoms in total. The van der Waals surface area contributed by atoms with Crippen LogP contribution in [0.25, 0.3) is 0 Å². The van der Waals surface area contributed by atoms with Crippen LogP contribution < -0.4 is 21.9 Å². The Balaban J connectivity index is 2.08. The zero-order chi connectivity index (χ0) is 10.8. The van der Waals surface area contributed by atoms with Crippen molar-refractivity contribution in [1.29, 1.82) is 0 Å². The summed E-state index contributed by atoms with van der Waals surface area (Å²) in [4.78, 5) is 11.3. The van der Waals surface area contributed by atoms with Crippen molar-refractivity contribution >= 4 is 11.6 Å². The van der Waals surface area contributed by atoms with Crippen molar-refractivity contribution in [2.45, 2.75) is 12.2 Å². The zero-order valence-electron chi connectivity index (χ0n) is 7.83. The average Bonchev–Trinajstić information content (AvgIpc) is 2.53. The van der Waals surface area contributed by atoms with Gasteiger partial charge in [0.2, 0.25) is 0 Å². The second-order valence-electron chi connectivity index (χ2n) is 3.29. The van der Waals surface area contributed by atoms with Gasteiger partial charge in [0.05, 0.1) is 0 Å². The third-order valence-electron chi connectivity index (χ3n) is 2.17. The molecule has 0 spiro atoms.